The Morgan fingerprint density at radius 1 is 1.15 bits per heavy atom. The van der Waals surface area contributed by atoms with Crippen LogP contribution in [-0.2, 0) is 6.54 Å². The summed E-state index contributed by atoms with van der Waals surface area (Å²) in [6, 6.07) is 13.0. The van der Waals surface area contributed by atoms with Gasteiger partial charge in [0.05, 0.1) is 18.5 Å². The normalized spacial score (nSPS) is 10.2. The zero-order valence-corrected chi connectivity index (χ0v) is 12.0. The lowest BCUT2D eigenvalue weighted by Crippen LogP contribution is -2.12. The van der Waals surface area contributed by atoms with Crippen LogP contribution in [-0.4, -0.2) is 21.2 Å². The van der Waals surface area contributed by atoms with E-state index in [4.69, 9.17) is 4.74 Å². The smallest absolute Gasteiger partial charge is 0.165 e. The molecule has 3 nitrogen and oxygen atoms in total. The molecule has 1 N–H and O–H groups in total. The second kappa shape index (κ2) is 6.28. The van der Waals surface area contributed by atoms with Crippen LogP contribution in [0.1, 0.15) is 5.56 Å². The highest BCUT2D eigenvalue weighted by molar-refractivity contribution is 5.69. The Morgan fingerprint density at radius 2 is 1.90 bits per heavy atom. The Balaban J connectivity index is 2.11. The molecule has 0 amide bonds. The zero-order valence-electron chi connectivity index (χ0n) is 12.0. The first kappa shape index (κ1) is 14.2. The summed E-state index contributed by atoms with van der Waals surface area (Å²) in [7, 11) is 5.45. The summed E-state index contributed by atoms with van der Waals surface area (Å²) in [4.78, 5) is 2.04. The highest BCUT2D eigenvalue weighted by atomic mass is 19.1. The first-order chi connectivity index (χ1) is 9.61. The number of rotatable bonds is 5. The molecule has 0 saturated heterocycles. The molecule has 4 heteroatoms. The van der Waals surface area contributed by atoms with Gasteiger partial charge in [0, 0.05) is 20.6 Å². The monoisotopic (exact) mass is 274 g/mol. The molecule has 0 unspecified atom stereocenters. The van der Waals surface area contributed by atoms with Crippen LogP contribution in [0.25, 0.3) is 0 Å². The summed E-state index contributed by atoms with van der Waals surface area (Å²) in [5.41, 5.74) is 2.99. The molecule has 0 bridgehead atoms. The number of anilines is 2. The van der Waals surface area contributed by atoms with Gasteiger partial charge in [-0.2, -0.15) is 0 Å². The van der Waals surface area contributed by atoms with Crippen molar-refractivity contribution < 1.29 is 9.13 Å². The van der Waals surface area contributed by atoms with Gasteiger partial charge in [-0.05, 0) is 29.8 Å². The fourth-order valence-corrected chi connectivity index (χ4v) is 2.03. The third-order valence-corrected chi connectivity index (χ3v) is 3.09. The van der Waals surface area contributed by atoms with Gasteiger partial charge in [-0.15, -0.1) is 0 Å². The van der Waals surface area contributed by atoms with E-state index in [1.807, 2.05) is 49.3 Å². The summed E-state index contributed by atoms with van der Waals surface area (Å²) >= 11 is 0. The number of halogens is 1. The molecular weight excluding hydrogens is 255 g/mol. The van der Waals surface area contributed by atoms with Crippen molar-refractivity contribution in [3.8, 4) is 5.75 Å². The zero-order chi connectivity index (χ0) is 14.5. The lowest BCUT2D eigenvalue weighted by Gasteiger charge is -2.18. The van der Waals surface area contributed by atoms with Crippen molar-refractivity contribution in [1.29, 1.82) is 0 Å². The predicted molar refractivity (Wildman–Crippen MR) is 81.0 cm³/mol. The molecule has 0 fully saturated rings. The molecule has 0 aromatic heterocycles. The largest absolute Gasteiger partial charge is 0.494 e. The molecule has 2 rings (SSSR count). The standard InChI is InChI=1S/C16H19FN2O/c1-19(2)15-7-5-4-6-14(15)18-11-12-8-9-16(20-3)13(17)10-12/h4-10,18H,11H2,1-3H3. The molecule has 0 atom stereocenters. The number of methoxy groups -OCH3 is 1. The Hall–Kier alpha value is -2.23. The molecule has 0 aliphatic rings. The quantitative estimate of drug-likeness (QED) is 0.903. The molecule has 20 heavy (non-hydrogen) atoms. The third kappa shape index (κ3) is 3.20. The van der Waals surface area contributed by atoms with Gasteiger partial charge < -0.3 is 15.0 Å². The average molecular weight is 274 g/mol. The van der Waals surface area contributed by atoms with Gasteiger partial charge in [-0.1, -0.05) is 18.2 Å². The molecular formula is C16H19FN2O. The van der Waals surface area contributed by atoms with Crippen LogP contribution in [0.5, 0.6) is 5.75 Å². The van der Waals surface area contributed by atoms with Gasteiger partial charge >= 0.3 is 0 Å². The minimum absolute atomic E-state index is 0.266. The van der Waals surface area contributed by atoms with Crippen molar-refractivity contribution >= 4 is 11.4 Å². The molecule has 2 aromatic carbocycles. The minimum atomic E-state index is -0.340. The Morgan fingerprint density at radius 3 is 2.55 bits per heavy atom. The first-order valence-corrected chi connectivity index (χ1v) is 6.44. The summed E-state index contributed by atoms with van der Waals surface area (Å²) < 4.78 is 18.5. The van der Waals surface area contributed by atoms with Gasteiger partial charge in [-0.3, -0.25) is 0 Å². The van der Waals surface area contributed by atoms with Crippen molar-refractivity contribution in [3.05, 3.63) is 53.8 Å². The van der Waals surface area contributed by atoms with Gasteiger partial charge in [0.25, 0.3) is 0 Å². The number of nitrogens with zero attached hydrogens (tertiary/aromatic N) is 1. The van der Waals surface area contributed by atoms with E-state index in [-0.39, 0.29) is 11.6 Å². The van der Waals surface area contributed by atoms with E-state index >= 15 is 0 Å². The maximum atomic E-state index is 13.6. The molecule has 0 saturated carbocycles. The van der Waals surface area contributed by atoms with E-state index in [0.717, 1.165) is 16.9 Å². The predicted octanol–water partition coefficient (Wildman–Crippen LogP) is 3.51. The lowest BCUT2D eigenvalue weighted by atomic mass is 10.2. The van der Waals surface area contributed by atoms with Crippen LogP contribution in [0.4, 0.5) is 15.8 Å². The molecule has 0 aliphatic carbocycles. The van der Waals surface area contributed by atoms with Crippen molar-refractivity contribution in [3.63, 3.8) is 0 Å². The number of hydrogen-bond acceptors (Lipinski definition) is 3. The van der Waals surface area contributed by atoms with Crippen LogP contribution < -0.4 is 15.0 Å². The molecule has 0 spiro atoms. The number of para-hydroxylation sites is 2. The van der Waals surface area contributed by atoms with Crippen LogP contribution in [0.2, 0.25) is 0 Å². The van der Waals surface area contributed by atoms with Crippen LogP contribution in [0, 0.1) is 5.82 Å². The van der Waals surface area contributed by atoms with Crippen molar-refractivity contribution in [2.45, 2.75) is 6.54 Å². The summed E-state index contributed by atoms with van der Waals surface area (Å²) in [6.45, 7) is 0.561. The third-order valence-electron chi connectivity index (χ3n) is 3.09. The van der Waals surface area contributed by atoms with Gasteiger partial charge in [0.15, 0.2) is 11.6 Å². The topological polar surface area (TPSA) is 24.5 Å². The SMILES string of the molecule is COc1ccc(CNc2ccccc2N(C)C)cc1F. The maximum Gasteiger partial charge on any atom is 0.165 e. The molecule has 2 aromatic rings. The van der Waals surface area contributed by atoms with Crippen molar-refractivity contribution in [1.82, 2.24) is 0 Å². The highest BCUT2D eigenvalue weighted by Gasteiger charge is 2.05. The minimum Gasteiger partial charge on any atom is -0.494 e. The average Bonchev–Trinajstić information content (AvgIpc) is 2.45. The number of ether oxygens (including phenoxy) is 1. The molecule has 0 aliphatic heterocycles. The Bertz CT molecular complexity index is 584. The van der Waals surface area contributed by atoms with Crippen LogP contribution in [0.3, 0.4) is 0 Å². The van der Waals surface area contributed by atoms with Crippen molar-refractivity contribution in [2.24, 2.45) is 0 Å². The van der Waals surface area contributed by atoms with Crippen LogP contribution >= 0.6 is 0 Å². The molecule has 0 heterocycles. The van der Waals surface area contributed by atoms with E-state index in [1.54, 1.807) is 6.07 Å². The number of hydrogen-bond donors (Lipinski definition) is 1. The molecule has 0 radical (unpaired) electrons. The Kier molecular flexibility index (Phi) is 4.45. The van der Waals surface area contributed by atoms with E-state index in [0.29, 0.717) is 6.54 Å². The lowest BCUT2D eigenvalue weighted by molar-refractivity contribution is 0.386. The van der Waals surface area contributed by atoms with E-state index in [2.05, 4.69) is 5.32 Å². The second-order valence-corrected chi connectivity index (χ2v) is 4.73. The Labute approximate surface area is 119 Å². The molecule has 106 valence electrons. The van der Waals surface area contributed by atoms with E-state index < -0.39 is 0 Å². The fourth-order valence-electron chi connectivity index (χ4n) is 2.03. The number of benzene rings is 2. The van der Waals surface area contributed by atoms with Crippen molar-refractivity contribution in [2.75, 3.05) is 31.4 Å². The van der Waals surface area contributed by atoms with Gasteiger partial charge in [0.1, 0.15) is 0 Å². The second-order valence-electron chi connectivity index (χ2n) is 4.73. The highest BCUT2D eigenvalue weighted by Crippen LogP contribution is 2.24. The maximum absolute atomic E-state index is 13.6. The summed E-state index contributed by atoms with van der Waals surface area (Å²) in [5.74, 6) is -0.0739. The fraction of sp³-hybridized carbons (Fsp3) is 0.250. The van der Waals surface area contributed by atoms with Gasteiger partial charge in [-0.25, -0.2) is 4.39 Å². The van der Waals surface area contributed by atoms with Crippen LogP contribution in [0.15, 0.2) is 42.5 Å². The summed E-state index contributed by atoms with van der Waals surface area (Å²) in [6.07, 6.45) is 0. The number of nitrogens with one attached hydrogen (secondary N) is 1. The van der Waals surface area contributed by atoms with E-state index in [9.17, 15) is 4.39 Å². The van der Waals surface area contributed by atoms with E-state index in [1.165, 1.54) is 13.2 Å². The summed E-state index contributed by atoms with van der Waals surface area (Å²) in [5, 5.41) is 3.33. The first-order valence-electron chi connectivity index (χ1n) is 6.44. The van der Waals surface area contributed by atoms with Gasteiger partial charge in [0.2, 0.25) is 0 Å².